The number of alkyl halides is 3. The van der Waals surface area contributed by atoms with E-state index in [9.17, 15) is 62.8 Å². The lowest BCUT2D eigenvalue weighted by Crippen LogP contribution is -2.29. The molecule has 0 spiro atoms. The number of ketones is 1. The van der Waals surface area contributed by atoms with E-state index >= 15 is 0 Å². The van der Waals surface area contributed by atoms with Gasteiger partial charge < -0.3 is 65.5 Å². The maximum Gasteiger partial charge on any atom is 0.419 e. The Balaban J connectivity index is 0.000000174. The molecule has 33 nitrogen and oxygen atoms in total. The van der Waals surface area contributed by atoms with Gasteiger partial charge in [-0.3, -0.25) is 45.3 Å². The molecular weight excluding hydrogens is 1500 g/mol. The molecule has 610 valence electrons. The molecular formula is C76H97ClF4N24O9. The highest BCUT2D eigenvalue weighted by atomic mass is 35.5. The number of aromatic nitrogens is 8. The number of rotatable bonds is 31. The predicted molar refractivity (Wildman–Crippen MR) is 429 cm³/mol. The quantitative estimate of drug-likeness (QED) is 0.00831. The molecule has 0 aliphatic heterocycles. The van der Waals surface area contributed by atoms with Gasteiger partial charge in [-0.25, -0.2) is 24.3 Å². The number of nitrogens with zero attached hydrogens (tertiary/aromatic N) is 12. The van der Waals surface area contributed by atoms with Crippen molar-refractivity contribution in [3.05, 3.63) is 207 Å². The van der Waals surface area contributed by atoms with Crippen LogP contribution in [-0.4, -0.2) is 135 Å². The molecule has 38 heteroatoms. The number of anilines is 8. The van der Waals surface area contributed by atoms with E-state index in [0.717, 1.165) is 140 Å². The topological polar surface area (TPSA) is 493 Å². The Morgan fingerprint density at radius 1 is 0.430 bits per heavy atom. The number of nitro groups is 4. The third kappa shape index (κ3) is 28.1. The molecule has 16 N–H and O–H groups in total. The molecule has 0 bridgehead atoms. The number of nitrogens with one attached hydrogen (secondary N) is 8. The average Bonchev–Trinajstić information content (AvgIpc) is 0.825. The van der Waals surface area contributed by atoms with Gasteiger partial charge in [-0.15, -0.1) is 0 Å². The highest BCUT2D eigenvalue weighted by Gasteiger charge is 2.35. The van der Waals surface area contributed by atoms with Crippen LogP contribution in [0, 0.1) is 69.9 Å². The summed E-state index contributed by atoms with van der Waals surface area (Å²) in [7, 11) is 0. The molecule has 0 unspecified atom stereocenters. The molecule has 0 atom stereocenters. The van der Waals surface area contributed by atoms with E-state index in [1.807, 2.05) is 48.5 Å². The molecule has 4 saturated carbocycles. The predicted octanol–water partition coefficient (Wildman–Crippen LogP) is 13.3. The molecule has 4 aromatic heterocycles. The van der Waals surface area contributed by atoms with Crippen molar-refractivity contribution in [2.45, 2.75) is 152 Å². The Hall–Kier alpha value is -11.3. The number of halogens is 5. The minimum Gasteiger partial charge on any atom is -0.364 e. The summed E-state index contributed by atoms with van der Waals surface area (Å²) in [6.45, 7) is 3.29. The lowest BCUT2D eigenvalue weighted by molar-refractivity contribution is -0.384. The third-order valence-corrected chi connectivity index (χ3v) is 20.3. The second-order valence-electron chi connectivity index (χ2n) is 28.6. The Morgan fingerprint density at radius 3 is 1.12 bits per heavy atom. The molecule has 8 aromatic rings. The smallest absolute Gasteiger partial charge is 0.364 e. The summed E-state index contributed by atoms with van der Waals surface area (Å²) < 4.78 is 52.7. The Kier molecular flexibility index (Phi) is 33.2. The third-order valence-electron chi connectivity index (χ3n) is 20.1. The van der Waals surface area contributed by atoms with Crippen molar-refractivity contribution < 1.29 is 42.0 Å². The first-order chi connectivity index (χ1) is 54.8. The van der Waals surface area contributed by atoms with Gasteiger partial charge in [-0.05, 0) is 169 Å². The fourth-order valence-electron chi connectivity index (χ4n) is 13.4. The summed E-state index contributed by atoms with van der Waals surface area (Å²) in [5.74, 6) is 1.63. The summed E-state index contributed by atoms with van der Waals surface area (Å²) >= 11 is 5.99. The maximum absolute atomic E-state index is 14.2. The standard InChI is InChI=1S/C19H25ClN6O2.C19H22F4N6O2.C19H24N6O3.C19H26N6O2/c20-15-3-1-2-13(10-15)8-9-22-19-24-12-17(26(27)28)18(25-19)23-11-14-4-6-16(21)7-5-14;20-16-12(2-1-3-14(16)19(21,22)23)9-26-18-27-10-15(29(30)31)17(28-18)25-8-11-4-6-13(24)7-5-11;20-15-8-6-13(7-9-15)10-21-18-16(25(27)28)11-22-19(24-18)23-12-17(26)14-4-2-1-3-5-14;20-16-8-6-15(7-9-16)12-22-18-17(25(26)27)13-23-19(24-18)21-11-10-14-4-2-1-3-5-14/h1-3,10,12,14,16H,4-9,11,21H2,(H2,22,23,24,25);1-3,10-11,13H,4-9,24H2,(H2,25,26,27,28);1-5,11,13,15H,6-10,12,20H2,(H2,21,22,23,24);1-5,13,15-16H,6-12,20H2,(H2,21,22,23,24). The second-order valence-corrected chi connectivity index (χ2v) is 29.1. The van der Waals surface area contributed by atoms with Gasteiger partial charge in [0.25, 0.3) is 0 Å². The lowest BCUT2D eigenvalue weighted by atomic mass is 9.86. The number of benzene rings is 4. The van der Waals surface area contributed by atoms with Crippen LogP contribution < -0.4 is 65.5 Å². The zero-order valence-corrected chi connectivity index (χ0v) is 63.6. The Labute approximate surface area is 660 Å². The number of hydrogen-bond acceptors (Lipinski definition) is 29. The van der Waals surface area contributed by atoms with Gasteiger partial charge in [-0.2, -0.15) is 33.1 Å². The van der Waals surface area contributed by atoms with Crippen molar-refractivity contribution in [1.29, 1.82) is 0 Å². The molecule has 4 aliphatic carbocycles. The Morgan fingerprint density at radius 2 is 0.763 bits per heavy atom. The molecule has 4 fully saturated rings. The number of carbonyl (C=O) groups excluding carboxylic acids is 1. The van der Waals surface area contributed by atoms with Crippen LogP contribution in [0.25, 0.3) is 0 Å². The van der Waals surface area contributed by atoms with Gasteiger partial charge in [-0.1, -0.05) is 96.5 Å². The van der Waals surface area contributed by atoms with E-state index in [4.69, 9.17) is 34.5 Å². The van der Waals surface area contributed by atoms with Crippen LogP contribution >= 0.6 is 11.6 Å². The number of carbonyl (C=O) groups is 1. The second kappa shape index (κ2) is 43.7. The summed E-state index contributed by atoms with van der Waals surface area (Å²) in [6.07, 6.45) is 17.0. The van der Waals surface area contributed by atoms with Gasteiger partial charge in [0.05, 0.1) is 31.8 Å². The molecule has 4 aliphatic rings. The van der Waals surface area contributed by atoms with Crippen molar-refractivity contribution in [2.75, 3.05) is 88.3 Å². The molecule has 0 saturated heterocycles. The van der Waals surface area contributed by atoms with E-state index in [1.165, 1.54) is 24.0 Å². The van der Waals surface area contributed by atoms with Gasteiger partial charge in [0.1, 0.15) is 30.6 Å². The van der Waals surface area contributed by atoms with Crippen molar-refractivity contribution >= 4 is 87.2 Å². The zero-order valence-electron chi connectivity index (χ0n) is 62.9. The fourth-order valence-corrected chi connectivity index (χ4v) is 13.6. The summed E-state index contributed by atoms with van der Waals surface area (Å²) in [4.78, 5) is 88.1. The molecule has 114 heavy (non-hydrogen) atoms. The molecule has 0 amide bonds. The molecule has 4 aromatic carbocycles. The van der Waals surface area contributed by atoms with Crippen molar-refractivity contribution in [1.82, 2.24) is 39.9 Å². The molecule has 4 heterocycles. The normalized spacial score (nSPS) is 19.2. The average molecular weight is 1600 g/mol. The highest BCUT2D eigenvalue weighted by molar-refractivity contribution is 6.30. The monoisotopic (exact) mass is 1600 g/mol. The van der Waals surface area contributed by atoms with Crippen LogP contribution in [0.15, 0.2) is 128 Å². The molecule has 0 radical (unpaired) electrons. The van der Waals surface area contributed by atoms with Gasteiger partial charge in [0.2, 0.25) is 47.1 Å². The lowest BCUT2D eigenvalue weighted by Gasteiger charge is -2.26. The largest absolute Gasteiger partial charge is 0.419 e. The Bertz CT molecular complexity index is 4430. The minimum atomic E-state index is -4.82. The first-order valence-electron chi connectivity index (χ1n) is 38.0. The van der Waals surface area contributed by atoms with Crippen molar-refractivity contribution in [3.8, 4) is 0 Å². The highest BCUT2D eigenvalue weighted by Crippen LogP contribution is 2.35. The maximum atomic E-state index is 14.2. The van der Waals surface area contributed by atoms with Crippen LogP contribution in [-0.2, 0) is 25.6 Å². The first-order valence-corrected chi connectivity index (χ1v) is 38.4. The van der Waals surface area contributed by atoms with Gasteiger partial charge in [0, 0.05) is 86.1 Å². The number of Topliss-reactive ketones (excluding diaryl/α,β-unsaturated/α-hetero) is 1. The van der Waals surface area contributed by atoms with Gasteiger partial charge >= 0.3 is 28.9 Å². The SMILES string of the molecule is NC1CCC(CNc2nc(NCC(=O)c3ccccc3)ncc2[N+](=O)[O-])CC1.NC1CCC(CNc2nc(NCCc3cccc(Cl)c3)ncc2[N+](=O)[O-])CC1.NC1CCC(CNc2nc(NCCc3ccccc3)ncc2[N+](=O)[O-])CC1.NC1CCC(CNc2nc(NCc3cccc(C(F)(F)F)c3F)ncc2[N+](=O)[O-])CC1. The van der Waals surface area contributed by atoms with E-state index < -0.39 is 37.3 Å². The molecule has 12 rings (SSSR count). The minimum absolute atomic E-state index is 0.00176. The van der Waals surface area contributed by atoms with Crippen LogP contribution in [0.1, 0.15) is 135 Å². The van der Waals surface area contributed by atoms with E-state index in [1.54, 1.807) is 24.3 Å². The summed E-state index contributed by atoms with van der Waals surface area (Å²) in [6, 6.07) is 30.5. The first kappa shape index (κ1) is 86.7. The van der Waals surface area contributed by atoms with E-state index in [2.05, 4.69) is 94.5 Å². The summed E-state index contributed by atoms with van der Waals surface area (Å²) in [5, 5.41) is 69.9. The fraction of sp³-hybridized carbons (Fsp3) is 0.461. The van der Waals surface area contributed by atoms with Crippen molar-refractivity contribution in [2.24, 2.45) is 46.6 Å². The van der Waals surface area contributed by atoms with Crippen LogP contribution in [0.2, 0.25) is 5.02 Å². The van der Waals surface area contributed by atoms with Crippen LogP contribution in [0.5, 0.6) is 0 Å². The number of nitrogens with two attached hydrogens (primary N) is 4. The van der Waals surface area contributed by atoms with Crippen molar-refractivity contribution in [3.63, 3.8) is 0 Å². The number of hydrogen-bond donors (Lipinski definition) is 12. The van der Waals surface area contributed by atoms with E-state index in [0.29, 0.717) is 91.5 Å². The van der Waals surface area contributed by atoms with Crippen LogP contribution in [0.3, 0.4) is 0 Å². The zero-order chi connectivity index (χ0) is 81.5. The van der Waals surface area contributed by atoms with Crippen LogP contribution in [0.4, 0.5) is 87.4 Å². The van der Waals surface area contributed by atoms with Gasteiger partial charge in [0.15, 0.2) is 5.78 Å². The van der Waals surface area contributed by atoms with E-state index in [-0.39, 0.29) is 107 Å². The summed E-state index contributed by atoms with van der Waals surface area (Å²) in [5.41, 5.74) is 24.2.